The van der Waals surface area contributed by atoms with Crippen LogP contribution in [-0.4, -0.2) is 35.1 Å². The second-order valence-corrected chi connectivity index (χ2v) is 8.72. The Morgan fingerprint density at radius 1 is 1.07 bits per heavy atom. The molecule has 0 N–H and O–H groups in total. The highest BCUT2D eigenvalue weighted by Crippen LogP contribution is 2.41. The van der Waals surface area contributed by atoms with Gasteiger partial charge < -0.3 is 9.47 Å². The number of pyridine rings is 1. The molecule has 0 radical (unpaired) electrons. The van der Waals surface area contributed by atoms with E-state index >= 15 is 0 Å². The lowest BCUT2D eigenvalue weighted by atomic mass is 10.2. The topological polar surface area (TPSA) is 77.4 Å². The molecule has 154 valence electrons. The van der Waals surface area contributed by atoms with Crippen molar-refractivity contribution in [1.82, 2.24) is 15.0 Å². The van der Waals surface area contributed by atoms with Crippen molar-refractivity contribution in [3.63, 3.8) is 0 Å². The standard InChI is InChI=1S/C21H20N4O3S2/c1-12-18(29-13(2)23-12)20(26)25(11-14-6-5-9-22-10-14)21-24-17-15(27-3)7-8-16(28-4)19(17)30-21/h5-10H,11H2,1-4H3. The Hall–Kier alpha value is -3.04. The van der Waals surface area contributed by atoms with Crippen molar-refractivity contribution in [2.75, 3.05) is 19.1 Å². The second-order valence-electron chi connectivity index (χ2n) is 6.54. The molecule has 0 unspecified atom stereocenters. The number of hydrogen-bond donors (Lipinski definition) is 0. The first-order valence-electron chi connectivity index (χ1n) is 9.18. The van der Waals surface area contributed by atoms with Gasteiger partial charge in [0.15, 0.2) is 5.13 Å². The molecular weight excluding hydrogens is 420 g/mol. The molecular formula is C21H20N4O3S2. The maximum Gasteiger partial charge on any atom is 0.272 e. The van der Waals surface area contributed by atoms with Crippen LogP contribution in [0.1, 0.15) is 25.9 Å². The van der Waals surface area contributed by atoms with Crippen molar-refractivity contribution < 1.29 is 14.3 Å². The predicted octanol–water partition coefficient (Wildman–Crippen LogP) is 4.63. The molecule has 30 heavy (non-hydrogen) atoms. The summed E-state index contributed by atoms with van der Waals surface area (Å²) < 4.78 is 11.8. The summed E-state index contributed by atoms with van der Waals surface area (Å²) in [6, 6.07) is 7.44. The number of anilines is 1. The molecule has 0 aliphatic carbocycles. The number of hydrogen-bond acceptors (Lipinski definition) is 8. The average Bonchev–Trinajstić information content (AvgIpc) is 3.34. The summed E-state index contributed by atoms with van der Waals surface area (Å²) in [4.78, 5) is 29.2. The van der Waals surface area contributed by atoms with Crippen LogP contribution in [0.5, 0.6) is 11.5 Å². The minimum Gasteiger partial charge on any atom is -0.495 e. The molecule has 3 heterocycles. The minimum absolute atomic E-state index is 0.140. The number of benzene rings is 1. The number of aryl methyl sites for hydroxylation is 2. The summed E-state index contributed by atoms with van der Waals surface area (Å²) in [7, 11) is 3.21. The van der Waals surface area contributed by atoms with Crippen LogP contribution in [0.4, 0.5) is 5.13 Å². The quantitative estimate of drug-likeness (QED) is 0.435. The number of methoxy groups -OCH3 is 2. The molecule has 0 saturated carbocycles. The molecule has 0 saturated heterocycles. The van der Waals surface area contributed by atoms with Gasteiger partial charge in [0, 0.05) is 12.4 Å². The Bertz CT molecular complexity index is 1160. The van der Waals surface area contributed by atoms with Crippen LogP contribution in [0.3, 0.4) is 0 Å². The fraction of sp³-hybridized carbons (Fsp3) is 0.238. The molecule has 0 aliphatic heterocycles. The first kappa shape index (κ1) is 20.2. The highest BCUT2D eigenvalue weighted by molar-refractivity contribution is 7.23. The van der Waals surface area contributed by atoms with Gasteiger partial charge in [0.25, 0.3) is 5.91 Å². The number of carbonyl (C=O) groups is 1. The van der Waals surface area contributed by atoms with Gasteiger partial charge in [0.1, 0.15) is 26.6 Å². The first-order chi connectivity index (χ1) is 14.5. The second kappa shape index (κ2) is 8.37. The van der Waals surface area contributed by atoms with Crippen molar-refractivity contribution >= 4 is 43.9 Å². The number of fused-ring (bicyclic) bond motifs is 1. The van der Waals surface area contributed by atoms with Crippen LogP contribution in [0.2, 0.25) is 0 Å². The molecule has 0 fully saturated rings. The molecule has 1 aromatic carbocycles. The van der Waals surface area contributed by atoms with Crippen molar-refractivity contribution in [3.8, 4) is 11.5 Å². The molecule has 3 aromatic heterocycles. The van der Waals surface area contributed by atoms with E-state index in [9.17, 15) is 4.79 Å². The van der Waals surface area contributed by atoms with E-state index < -0.39 is 0 Å². The lowest BCUT2D eigenvalue weighted by molar-refractivity contribution is 0.0988. The van der Waals surface area contributed by atoms with Crippen LogP contribution < -0.4 is 14.4 Å². The maximum absolute atomic E-state index is 13.5. The van der Waals surface area contributed by atoms with E-state index in [1.54, 1.807) is 31.5 Å². The highest BCUT2D eigenvalue weighted by Gasteiger charge is 2.26. The van der Waals surface area contributed by atoms with Gasteiger partial charge in [-0.05, 0) is 37.6 Å². The molecule has 7 nitrogen and oxygen atoms in total. The number of aromatic nitrogens is 3. The normalized spacial score (nSPS) is 10.9. The van der Waals surface area contributed by atoms with Gasteiger partial charge in [-0.25, -0.2) is 9.97 Å². The van der Waals surface area contributed by atoms with Crippen LogP contribution >= 0.6 is 22.7 Å². The van der Waals surface area contributed by atoms with E-state index in [0.29, 0.717) is 33.6 Å². The van der Waals surface area contributed by atoms with E-state index in [0.717, 1.165) is 21.0 Å². The molecule has 1 amide bonds. The Morgan fingerprint density at radius 2 is 1.83 bits per heavy atom. The summed E-state index contributed by atoms with van der Waals surface area (Å²) in [6.45, 7) is 4.09. The van der Waals surface area contributed by atoms with E-state index in [1.807, 2.05) is 38.1 Å². The number of carbonyl (C=O) groups excluding carboxylic acids is 1. The third-order valence-electron chi connectivity index (χ3n) is 4.54. The molecule has 0 bridgehead atoms. The molecule has 4 aromatic rings. The van der Waals surface area contributed by atoms with E-state index in [4.69, 9.17) is 14.5 Å². The summed E-state index contributed by atoms with van der Waals surface area (Å²) >= 11 is 2.78. The minimum atomic E-state index is -0.140. The van der Waals surface area contributed by atoms with E-state index in [-0.39, 0.29) is 5.91 Å². The Balaban J connectivity index is 1.85. The van der Waals surface area contributed by atoms with Gasteiger partial charge >= 0.3 is 0 Å². The molecule has 4 rings (SSSR count). The van der Waals surface area contributed by atoms with Gasteiger partial charge in [-0.2, -0.15) is 0 Å². The van der Waals surface area contributed by atoms with Gasteiger partial charge in [0.2, 0.25) is 0 Å². The van der Waals surface area contributed by atoms with Crippen LogP contribution in [0, 0.1) is 13.8 Å². The lowest BCUT2D eigenvalue weighted by Crippen LogP contribution is -2.30. The fourth-order valence-electron chi connectivity index (χ4n) is 3.14. The number of nitrogens with zero attached hydrogens (tertiary/aromatic N) is 4. The number of thiazole rings is 2. The summed E-state index contributed by atoms with van der Waals surface area (Å²) in [6.07, 6.45) is 3.46. The van der Waals surface area contributed by atoms with Crippen molar-refractivity contribution in [2.24, 2.45) is 0 Å². The zero-order chi connectivity index (χ0) is 21.3. The van der Waals surface area contributed by atoms with Gasteiger partial charge in [0.05, 0.1) is 31.5 Å². The van der Waals surface area contributed by atoms with Gasteiger partial charge in [-0.1, -0.05) is 17.4 Å². The van der Waals surface area contributed by atoms with Crippen molar-refractivity contribution in [1.29, 1.82) is 0 Å². The Morgan fingerprint density at radius 3 is 2.47 bits per heavy atom. The van der Waals surface area contributed by atoms with E-state index in [2.05, 4.69) is 9.97 Å². The number of ether oxygens (including phenoxy) is 2. The lowest BCUT2D eigenvalue weighted by Gasteiger charge is -2.19. The van der Waals surface area contributed by atoms with Crippen molar-refractivity contribution in [2.45, 2.75) is 20.4 Å². The highest BCUT2D eigenvalue weighted by atomic mass is 32.1. The van der Waals surface area contributed by atoms with Crippen LogP contribution in [0.15, 0.2) is 36.7 Å². The maximum atomic E-state index is 13.5. The smallest absolute Gasteiger partial charge is 0.272 e. The van der Waals surface area contributed by atoms with Gasteiger partial charge in [-0.15, -0.1) is 11.3 Å². The number of amides is 1. The first-order valence-corrected chi connectivity index (χ1v) is 10.8. The summed E-state index contributed by atoms with van der Waals surface area (Å²) in [5.74, 6) is 1.18. The van der Waals surface area contributed by atoms with Crippen molar-refractivity contribution in [3.05, 3.63) is 57.8 Å². The third-order valence-corrected chi connectivity index (χ3v) is 6.69. The SMILES string of the molecule is COc1ccc(OC)c2sc(N(Cc3cccnc3)C(=O)c3sc(C)nc3C)nc12. The predicted molar refractivity (Wildman–Crippen MR) is 119 cm³/mol. The fourth-order valence-corrected chi connectivity index (χ4v) is 5.08. The summed E-state index contributed by atoms with van der Waals surface area (Å²) in [5, 5.41) is 1.41. The zero-order valence-corrected chi connectivity index (χ0v) is 18.6. The zero-order valence-electron chi connectivity index (χ0n) is 17.0. The molecule has 9 heteroatoms. The van der Waals surface area contributed by atoms with Crippen LogP contribution in [-0.2, 0) is 6.54 Å². The molecule has 0 aliphatic rings. The molecule has 0 spiro atoms. The van der Waals surface area contributed by atoms with E-state index in [1.165, 1.54) is 22.7 Å². The van der Waals surface area contributed by atoms with Gasteiger partial charge in [-0.3, -0.25) is 14.7 Å². The average molecular weight is 441 g/mol. The largest absolute Gasteiger partial charge is 0.495 e. The Labute approximate surface area is 182 Å². The Kier molecular flexibility index (Phi) is 5.65. The van der Waals surface area contributed by atoms with Crippen LogP contribution in [0.25, 0.3) is 10.2 Å². The summed E-state index contributed by atoms with van der Waals surface area (Å²) in [5.41, 5.74) is 2.29. The monoisotopic (exact) mass is 440 g/mol. The number of rotatable bonds is 6. The third kappa shape index (κ3) is 3.73. The molecule has 0 atom stereocenters.